The van der Waals surface area contributed by atoms with E-state index in [1.165, 1.54) is 7.11 Å². The molecule has 23 heavy (non-hydrogen) atoms. The van der Waals surface area contributed by atoms with Crippen LogP contribution in [0.25, 0.3) is 0 Å². The molecule has 6 atom stereocenters. The topological polar surface area (TPSA) is 132 Å². The molecule has 1 saturated carbocycles. The van der Waals surface area contributed by atoms with E-state index in [0.29, 0.717) is 0 Å². The van der Waals surface area contributed by atoms with Crippen LogP contribution in [0.5, 0.6) is 0 Å². The van der Waals surface area contributed by atoms with Gasteiger partial charge >= 0.3 is 0 Å². The lowest BCUT2D eigenvalue weighted by Crippen LogP contribution is -2.81. The number of ether oxygens (including phenoxy) is 3. The van der Waals surface area contributed by atoms with Crippen LogP contribution in [0.4, 0.5) is 0 Å². The molecule has 1 spiro atoms. The Morgan fingerprint density at radius 3 is 1.70 bits per heavy atom. The highest BCUT2D eigenvalue weighted by molar-refractivity contribution is 5.31. The highest BCUT2D eigenvalue weighted by atomic mass is 16.7. The summed E-state index contributed by atoms with van der Waals surface area (Å²) in [6.07, 6.45) is -6.22. The number of aliphatic hydroxyl groups excluding tert-OH is 4. The number of hydrogen-bond acceptors (Lipinski definition) is 8. The normalized spacial score (nSPS) is 51.7. The first-order valence-corrected chi connectivity index (χ1v) is 7.88. The predicted molar refractivity (Wildman–Crippen MR) is 76.7 cm³/mol. The van der Waals surface area contributed by atoms with Crippen LogP contribution in [0.2, 0.25) is 0 Å². The van der Waals surface area contributed by atoms with Gasteiger partial charge in [0.25, 0.3) is 0 Å². The van der Waals surface area contributed by atoms with Crippen molar-refractivity contribution in [3.8, 4) is 0 Å². The second-order valence-electron chi connectivity index (χ2n) is 7.32. The summed E-state index contributed by atoms with van der Waals surface area (Å²) in [4.78, 5) is 0. The SMILES string of the molecule is COC1(C2(O)[C@H](O)[C@H](O)C3(OC3(C)C)[C@@H](O)[C@@H]2O)CCOCC1. The number of aliphatic hydroxyl groups is 5. The van der Waals surface area contributed by atoms with Gasteiger partial charge in [-0.15, -0.1) is 0 Å². The second kappa shape index (κ2) is 5.09. The molecule has 0 aromatic carbocycles. The van der Waals surface area contributed by atoms with Gasteiger partial charge in [-0.25, -0.2) is 0 Å². The van der Waals surface area contributed by atoms with Gasteiger partial charge in [0.05, 0.1) is 5.60 Å². The molecule has 0 bridgehead atoms. The van der Waals surface area contributed by atoms with E-state index >= 15 is 0 Å². The summed E-state index contributed by atoms with van der Waals surface area (Å²) in [7, 11) is 1.36. The minimum Gasteiger partial charge on any atom is -0.387 e. The monoisotopic (exact) mass is 334 g/mol. The third kappa shape index (κ3) is 1.89. The zero-order valence-electron chi connectivity index (χ0n) is 13.6. The van der Waals surface area contributed by atoms with E-state index in [1.54, 1.807) is 13.8 Å². The van der Waals surface area contributed by atoms with Gasteiger partial charge in [-0.3, -0.25) is 0 Å². The maximum absolute atomic E-state index is 11.2. The number of epoxide rings is 1. The molecule has 0 radical (unpaired) electrons. The molecule has 8 nitrogen and oxygen atoms in total. The van der Waals surface area contributed by atoms with Crippen LogP contribution in [-0.4, -0.2) is 92.7 Å². The average Bonchev–Trinajstić information content (AvgIpc) is 3.14. The highest BCUT2D eigenvalue weighted by Gasteiger charge is 2.82. The first-order valence-electron chi connectivity index (χ1n) is 7.88. The zero-order chi connectivity index (χ0) is 17.3. The lowest BCUT2D eigenvalue weighted by Gasteiger charge is -2.57. The van der Waals surface area contributed by atoms with Gasteiger partial charge in [-0.05, 0) is 13.8 Å². The third-order valence-corrected chi connectivity index (χ3v) is 6.12. The number of rotatable bonds is 2. The summed E-state index contributed by atoms with van der Waals surface area (Å²) in [6.45, 7) is 3.83. The lowest BCUT2D eigenvalue weighted by atomic mass is 9.59. The van der Waals surface area contributed by atoms with Crippen LogP contribution in [0, 0.1) is 0 Å². The van der Waals surface area contributed by atoms with E-state index in [0.717, 1.165) is 0 Å². The average molecular weight is 334 g/mol. The first kappa shape index (κ1) is 17.5. The number of methoxy groups -OCH3 is 1. The number of hydrogen-bond donors (Lipinski definition) is 5. The molecule has 2 saturated heterocycles. The van der Waals surface area contributed by atoms with Crippen LogP contribution in [0.3, 0.4) is 0 Å². The van der Waals surface area contributed by atoms with Crippen molar-refractivity contribution in [1.29, 1.82) is 0 Å². The third-order valence-electron chi connectivity index (χ3n) is 6.12. The smallest absolute Gasteiger partial charge is 0.154 e. The molecule has 3 aliphatic rings. The molecule has 1 aliphatic carbocycles. The van der Waals surface area contributed by atoms with Crippen molar-refractivity contribution in [3.63, 3.8) is 0 Å². The predicted octanol–water partition coefficient (Wildman–Crippen LogP) is -2.08. The second-order valence-corrected chi connectivity index (χ2v) is 7.32. The fraction of sp³-hybridized carbons (Fsp3) is 1.00. The Bertz CT molecular complexity index is 456. The maximum Gasteiger partial charge on any atom is 0.154 e. The molecule has 2 aliphatic heterocycles. The Morgan fingerprint density at radius 1 is 0.913 bits per heavy atom. The molecule has 0 amide bonds. The van der Waals surface area contributed by atoms with Crippen molar-refractivity contribution in [2.45, 2.75) is 73.5 Å². The molecule has 5 N–H and O–H groups in total. The van der Waals surface area contributed by atoms with Gasteiger partial charge < -0.3 is 39.7 Å². The Labute approximate surface area is 134 Å². The van der Waals surface area contributed by atoms with Gasteiger partial charge in [0.15, 0.2) is 11.2 Å². The molecule has 134 valence electrons. The minimum absolute atomic E-state index is 0.213. The summed E-state index contributed by atoms with van der Waals surface area (Å²) >= 11 is 0. The van der Waals surface area contributed by atoms with Crippen molar-refractivity contribution in [2.75, 3.05) is 20.3 Å². The Hall–Kier alpha value is -0.320. The van der Waals surface area contributed by atoms with Gasteiger partial charge in [-0.2, -0.15) is 0 Å². The van der Waals surface area contributed by atoms with Crippen molar-refractivity contribution in [2.24, 2.45) is 0 Å². The lowest BCUT2D eigenvalue weighted by molar-refractivity contribution is -0.328. The Balaban J connectivity index is 2.03. The van der Waals surface area contributed by atoms with Crippen LogP contribution in [-0.2, 0) is 14.2 Å². The first-order chi connectivity index (χ1) is 10.6. The van der Waals surface area contributed by atoms with E-state index in [9.17, 15) is 25.5 Å². The molecule has 3 fully saturated rings. The van der Waals surface area contributed by atoms with Crippen LogP contribution >= 0.6 is 0 Å². The van der Waals surface area contributed by atoms with Crippen LogP contribution in [0.1, 0.15) is 26.7 Å². The molecule has 0 aromatic heterocycles. The van der Waals surface area contributed by atoms with Gasteiger partial charge in [-0.1, -0.05) is 0 Å². The van der Waals surface area contributed by atoms with Crippen LogP contribution < -0.4 is 0 Å². The molecular weight excluding hydrogens is 308 g/mol. The summed E-state index contributed by atoms with van der Waals surface area (Å²) in [5.74, 6) is 0. The van der Waals surface area contributed by atoms with Crippen molar-refractivity contribution in [3.05, 3.63) is 0 Å². The Morgan fingerprint density at radius 2 is 1.35 bits per heavy atom. The quantitative estimate of drug-likeness (QED) is 0.364. The van der Waals surface area contributed by atoms with Crippen LogP contribution in [0.15, 0.2) is 0 Å². The van der Waals surface area contributed by atoms with E-state index in [1.807, 2.05) is 0 Å². The standard InChI is InChI=1S/C15H26O8/c1-12(2)15(23-12)10(18)8(16)14(20,9(17)11(15)19)13(21-3)4-6-22-7-5-13/h8-11,16-20H,4-7H2,1-3H3/t8-,9+,10-,11-,14?,15?/m0/s1. The van der Waals surface area contributed by atoms with E-state index in [2.05, 4.69) is 0 Å². The van der Waals surface area contributed by atoms with Crippen molar-refractivity contribution >= 4 is 0 Å². The molecule has 2 unspecified atom stereocenters. The van der Waals surface area contributed by atoms with E-state index < -0.39 is 46.8 Å². The Kier molecular flexibility index (Phi) is 3.87. The van der Waals surface area contributed by atoms with Gasteiger partial charge in [0.2, 0.25) is 0 Å². The van der Waals surface area contributed by atoms with E-state index in [4.69, 9.17) is 14.2 Å². The summed E-state index contributed by atoms with van der Waals surface area (Å²) in [5, 5.41) is 53.7. The zero-order valence-corrected chi connectivity index (χ0v) is 13.6. The maximum atomic E-state index is 11.2. The van der Waals surface area contributed by atoms with Crippen molar-refractivity contribution < 1.29 is 39.7 Å². The van der Waals surface area contributed by atoms with Gasteiger partial charge in [0, 0.05) is 33.2 Å². The molecule has 3 rings (SSSR count). The summed E-state index contributed by atoms with van der Waals surface area (Å²) < 4.78 is 16.2. The molecular formula is C15H26O8. The van der Waals surface area contributed by atoms with E-state index in [-0.39, 0.29) is 26.1 Å². The fourth-order valence-electron chi connectivity index (χ4n) is 4.54. The molecule has 2 heterocycles. The van der Waals surface area contributed by atoms with Crippen molar-refractivity contribution in [1.82, 2.24) is 0 Å². The summed E-state index contributed by atoms with van der Waals surface area (Å²) in [6, 6.07) is 0. The minimum atomic E-state index is -2.25. The molecule has 8 heteroatoms. The summed E-state index contributed by atoms with van der Waals surface area (Å²) in [5.41, 5.74) is -6.03. The van der Waals surface area contributed by atoms with Gasteiger partial charge in [0.1, 0.15) is 30.0 Å². The largest absolute Gasteiger partial charge is 0.387 e. The molecule has 0 aromatic rings. The highest BCUT2D eigenvalue weighted by Crippen LogP contribution is 2.59. The fourth-order valence-corrected chi connectivity index (χ4v) is 4.54.